The lowest BCUT2D eigenvalue weighted by atomic mass is 10.2. The highest BCUT2D eigenvalue weighted by Crippen LogP contribution is 2.29. The van der Waals surface area contributed by atoms with Gasteiger partial charge in [-0.05, 0) is 12.1 Å². The summed E-state index contributed by atoms with van der Waals surface area (Å²) in [5.41, 5.74) is 6.32. The van der Waals surface area contributed by atoms with Crippen molar-refractivity contribution in [1.82, 2.24) is 29.5 Å². The van der Waals surface area contributed by atoms with E-state index in [4.69, 9.17) is 14.9 Å². The van der Waals surface area contributed by atoms with Gasteiger partial charge in [0, 0.05) is 68.5 Å². The summed E-state index contributed by atoms with van der Waals surface area (Å²) in [5, 5.41) is 7.43. The quantitative estimate of drug-likeness (QED) is 0.299. The van der Waals surface area contributed by atoms with Crippen LogP contribution in [0.25, 0.3) is 17.4 Å². The number of hydrogen-bond acceptors (Lipinski definition) is 11. The van der Waals surface area contributed by atoms with Crippen molar-refractivity contribution in [3.05, 3.63) is 42.2 Å². The van der Waals surface area contributed by atoms with E-state index in [9.17, 15) is 13.0 Å². The molecule has 1 aromatic carbocycles. The highest BCUT2D eigenvalue weighted by molar-refractivity contribution is 7.84. The van der Waals surface area contributed by atoms with Crippen LogP contribution in [0.2, 0.25) is 0 Å². The zero-order chi connectivity index (χ0) is 26.6. The summed E-state index contributed by atoms with van der Waals surface area (Å²) >= 11 is 0. The van der Waals surface area contributed by atoms with Crippen LogP contribution in [0.1, 0.15) is 0 Å². The van der Waals surface area contributed by atoms with Gasteiger partial charge in [0.05, 0.1) is 24.3 Å². The van der Waals surface area contributed by atoms with Crippen LogP contribution in [-0.2, 0) is 10.8 Å². The molecular weight excluding hydrogens is 520 g/mol. The van der Waals surface area contributed by atoms with E-state index in [2.05, 4.69) is 30.3 Å². The molecule has 0 amide bonds. The number of fused-ring (bicyclic) bond motifs is 1. The number of anilines is 3. The van der Waals surface area contributed by atoms with Gasteiger partial charge in [-0.3, -0.25) is 9.11 Å². The summed E-state index contributed by atoms with van der Waals surface area (Å²) in [4.78, 5) is 17.0. The number of benzene rings is 1. The minimum atomic E-state index is -1.06. The fourth-order valence-electron chi connectivity index (χ4n) is 4.07. The first kappa shape index (κ1) is 25.8. The summed E-state index contributed by atoms with van der Waals surface area (Å²) in [6, 6.07) is 5.69. The molecule has 12 nitrogen and oxygen atoms in total. The molecule has 0 spiro atoms. The highest BCUT2D eigenvalue weighted by Gasteiger charge is 2.22. The average Bonchev–Trinajstić information content (AvgIpc) is 3.56. The fraction of sp³-hybridized carbons (Fsp3) is 0.391. The van der Waals surface area contributed by atoms with Gasteiger partial charge < -0.3 is 25.1 Å². The number of nitrogens with one attached hydrogen (secondary N) is 1. The predicted octanol–water partition coefficient (Wildman–Crippen LogP) is 1.63. The van der Waals surface area contributed by atoms with E-state index in [-0.39, 0.29) is 29.7 Å². The third-order valence-corrected chi connectivity index (χ3v) is 6.77. The van der Waals surface area contributed by atoms with Gasteiger partial charge in [-0.15, -0.1) is 5.10 Å². The Hall–Kier alpha value is -3.85. The van der Waals surface area contributed by atoms with E-state index in [1.807, 2.05) is 4.90 Å². The van der Waals surface area contributed by atoms with E-state index in [1.54, 1.807) is 18.4 Å². The molecule has 4 aromatic rings. The molecule has 15 heteroatoms. The number of rotatable bonds is 10. The minimum Gasteiger partial charge on any atom is -0.489 e. The monoisotopic (exact) mass is 547 g/mol. The van der Waals surface area contributed by atoms with Gasteiger partial charge in [-0.1, -0.05) is 0 Å². The van der Waals surface area contributed by atoms with Gasteiger partial charge in [0.2, 0.25) is 17.7 Å². The molecule has 0 bridgehead atoms. The number of ether oxygens (including phenoxy) is 1. The number of nitrogens with two attached hydrogens (primary N) is 1. The number of halogens is 2. The maximum Gasteiger partial charge on any atom is 0.259 e. The third-order valence-electron chi connectivity index (χ3n) is 6.03. The van der Waals surface area contributed by atoms with Crippen LogP contribution < -0.4 is 20.7 Å². The molecule has 1 atom stereocenters. The van der Waals surface area contributed by atoms with Crippen molar-refractivity contribution in [3.63, 3.8) is 0 Å². The van der Waals surface area contributed by atoms with Crippen molar-refractivity contribution in [2.24, 2.45) is 0 Å². The van der Waals surface area contributed by atoms with Crippen molar-refractivity contribution in [2.45, 2.75) is 0 Å². The second kappa shape index (κ2) is 11.3. The maximum absolute atomic E-state index is 14.5. The average molecular weight is 548 g/mol. The largest absolute Gasteiger partial charge is 0.489 e. The Kier molecular flexibility index (Phi) is 7.64. The SMILES string of the molecule is CS(=O)CCOc1cc(N2CCN(CCNc3nc(N)n4nc(-c5ccco5)nc4n3)CC2)c(F)cc1F. The summed E-state index contributed by atoms with van der Waals surface area (Å²) in [6.45, 7) is 3.83. The van der Waals surface area contributed by atoms with Gasteiger partial charge in [-0.2, -0.15) is 19.5 Å². The predicted molar refractivity (Wildman–Crippen MR) is 139 cm³/mol. The smallest absolute Gasteiger partial charge is 0.259 e. The number of aromatic nitrogens is 5. The Morgan fingerprint density at radius 2 is 1.97 bits per heavy atom. The van der Waals surface area contributed by atoms with Gasteiger partial charge in [0.15, 0.2) is 17.3 Å². The van der Waals surface area contributed by atoms with Crippen LogP contribution >= 0.6 is 0 Å². The summed E-state index contributed by atoms with van der Waals surface area (Å²) in [6.07, 6.45) is 3.08. The van der Waals surface area contributed by atoms with Crippen LogP contribution in [0.15, 0.2) is 34.9 Å². The molecule has 4 heterocycles. The second-order valence-corrected chi connectivity index (χ2v) is 10.2. The Bertz CT molecular complexity index is 1430. The molecule has 0 radical (unpaired) electrons. The first-order valence-corrected chi connectivity index (χ1v) is 13.7. The number of nitrogen functional groups attached to an aromatic ring is 1. The second-order valence-electron chi connectivity index (χ2n) is 8.65. The van der Waals surface area contributed by atoms with Gasteiger partial charge in [0.1, 0.15) is 5.82 Å². The van der Waals surface area contributed by atoms with Gasteiger partial charge in [0.25, 0.3) is 5.78 Å². The number of piperazine rings is 1. The van der Waals surface area contributed by atoms with Crippen molar-refractivity contribution in [1.29, 1.82) is 0 Å². The highest BCUT2D eigenvalue weighted by atomic mass is 32.2. The van der Waals surface area contributed by atoms with Crippen LogP contribution in [-0.4, -0.2) is 91.6 Å². The molecule has 0 saturated carbocycles. The zero-order valence-electron chi connectivity index (χ0n) is 20.6. The summed E-state index contributed by atoms with van der Waals surface area (Å²) < 4.78 is 51.9. The molecule has 1 saturated heterocycles. The molecule has 38 heavy (non-hydrogen) atoms. The van der Waals surface area contributed by atoms with Crippen LogP contribution in [0.4, 0.5) is 26.4 Å². The molecule has 202 valence electrons. The molecule has 0 aliphatic carbocycles. The van der Waals surface area contributed by atoms with Crippen molar-refractivity contribution in [3.8, 4) is 17.3 Å². The van der Waals surface area contributed by atoms with E-state index in [1.165, 1.54) is 16.8 Å². The molecular formula is C23H27F2N9O3S. The minimum absolute atomic E-state index is 0.0429. The molecule has 1 fully saturated rings. The lowest BCUT2D eigenvalue weighted by Gasteiger charge is -2.36. The fourth-order valence-corrected chi connectivity index (χ4v) is 4.39. The first-order chi connectivity index (χ1) is 18.4. The molecule has 1 unspecified atom stereocenters. The van der Waals surface area contributed by atoms with E-state index < -0.39 is 22.4 Å². The van der Waals surface area contributed by atoms with Crippen LogP contribution in [0, 0.1) is 11.6 Å². The summed E-state index contributed by atoms with van der Waals surface area (Å²) in [7, 11) is -1.06. The van der Waals surface area contributed by atoms with E-state index >= 15 is 0 Å². The number of furan rings is 1. The molecule has 3 N–H and O–H groups in total. The first-order valence-electron chi connectivity index (χ1n) is 11.9. The standard InChI is InChI=1S/C23H27F2N9O3S/c1-38(35)12-11-37-19-14-17(15(24)13-16(19)25)33-8-6-32(7-9-33)5-4-27-22-29-21(26)34-23(30-22)28-20(31-34)18-3-2-10-36-18/h2-3,10,13-14H,4-9,11-12H2,1H3,(H3,26,27,28,29,30,31). The lowest BCUT2D eigenvalue weighted by Crippen LogP contribution is -2.48. The molecule has 1 aliphatic heterocycles. The number of hydrogen-bond donors (Lipinski definition) is 2. The molecule has 3 aromatic heterocycles. The van der Waals surface area contributed by atoms with Crippen LogP contribution in [0.3, 0.4) is 0 Å². The maximum atomic E-state index is 14.5. The normalized spacial score (nSPS) is 15.2. The van der Waals surface area contributed by atoms with E-state index in [0.29, 0.717) is 62.6 Å². The van der Waals surface area contributed by atoms with Crippen LogP contribution in [0.5, 0.6) is 5.75 Å². The zero-order valence-corrected chi connectivity index (χ0v) is 21.5. The Morgan fingerprint density at radius 3 is 2.71 bits per heavy atom. The Balaban J connectivity index is 1.14. The molecule has 1 aliphatic rings. The van der Waals surface area contributed by atoms with Crippen molar-refractivity contribution in [2.75, 3.05) is 73.8 Å². The third kappa shape index (κ3) is 5.83. The Labute approximate surface area is 219 Å². The lowest BCUT2D eigenvalue weighted by molar-refractivity contribution is 0.266. The number of nitrogens with zero attached hydrogens (tertiary/aromatic N) is 7. The van der Waals surface area contributed by atoms with Crippen molar-refractivity contribution >= 4 is 34.2 Å². The van der Waals surface area contributed by atoms with Gasteiger partial charge >= 0.3 is 0 Å². The molecule has 5 rings (SSSR count). The topological polar surface area (TPSA) is 140 Å². The van der Waals surface area contributed by atoms with E-state index in [0.717, 1.165) is 6.07 Å². The Morgan fingerprint density at radius 1 is 1.16 bits per heavy atom. The summed E-state index contributed by atoms with van der Waals surface area (Å²) in [5.74, 6) is 0.451. The van der Waals surface area contributed by atoms with Gasteiger partial charge in [-0.25, -0.2) is 8.78 Å². The van der Waals surface area contributed by atoms with Crippen molar-refractivity contribution < 1.29 is 22.1 Å².